The normalized spacial score (nSPS) is 16.8. The zero-order valence-electron chi connectivity index (χ0n) is 11.1. The number of rotatable bonds is 5. The van der Waals surface area contributed by atoms with Gasteiger partial charge in [0.2, 0.25) is 0 Å². The summed E-state index contributed by atoms with van der Waals surface area (Å²) in [4.78, 5) is 0. The Morgan fingerprint density at radius 2 is 2.16 bits per heavy atom. The Morgan fingerprint density at radius 1 is 1.42 bits per heavy atom. The minimum atomic E-state index is 0.0877. The highest BCUT2D eigenvalue weighted by molar-refractivity contribution is 5.97. The molecule has 5 nitrogen and oxygen atoms in total. The Morgan fingerprint density at radius 3 is 2.79 bits per heavy atom. The fourth-order valence-corrected chi connectivity index (χ4v) is 2.37. The molecule has 2 rings (SSSR count). The van der Waals surface area contributed by atoms with Crippen LogP contribution in [0.3, 0.4) is 0 Å². The fraction of sp³-hybridized carbons (Fsp3) is 0.500. The second-order valence-electron chi connectivity index (χ2n) is 4.73. The predicted molar refractivity (Wildman–Crippen MR) is 72.5 cm³/mol. The molecule has 1 aliphatic rings. The lowest BCUT2D eigenvalue weighted by Crippen LogP contribution is -2.14. The van der Waals surface area contributed by atoms with E-state index in [0.717, 1.165) is 24.2 Å². The zero-order valence-corrected chi connectivity index (χ0v) is 11.1. The number of benzene rings is 1. The topological polar surface area (TPSA) is 77.1 Å². The van der Waals surface area contributed by atoms with E-state index in [4.69, 9.17) is 20.4 Å². The number of hydrogen-bond acceptors (Lipinski definition) is 4. The van der Waals surface area contributed by atoms with Gasteiger partial charge in [-0.3, -0.25) is 0 Å². The van der Waals surface area contributed by atoms with Crippen LogP contribution in [0.25, 0.3) is 0 Å². The average molecular weight is 264 g/mol. The summed E-state index contributed by atoms with van der Waals surface area (Å²) in [6, 6.07) is 5.40. The van der Waals surface area contributed by atoms with Crippen LogP contribution in [0.1, 0.15) is 36.8 Å². The smallest absolute Gasteiger partial charge is 0.170 e. The molecule has 1 aromatic carbocycles. The minimum Gasteiger partial charge on any atom is -0.496 e. The second-order valence-corrected chi connectivity index (χ2v) is 4.73. The van der Waals surface area contributed by atoms with E-state index in [0.29, 0.717) is 18.3 Å². The highest BCUT2D eigenvalue weighted by Gasteiger charge is 2.16. The van der Waals surface area contributed by atoms with E-state index in [1.54, 1.807) is 19.2 Å². The molecule has 0 heterocycles. The second kappa shape index (κ2) is 6.43. The highest BCUT2D eigenvalue weighted by atomic mass is 16.5. The summed E-state index contributed by atoms with van der Waals surface area (Å²) in [5.41, 5.74) is 7.17. The molecule has 0 aromatic heterocycles. The van der Waals surface area contributed by atoms with Gasteiger partial charge in [-0.1, -0.05) is 18.0 Å². The van der Waals surface area contributed by atoms with Gasteiger partial charge in [0.1, 0.15) is 5.75 Å². The molecule has 0 atom stereocenters. The van der Waals surface area contributed by atoms with Crippen molar-refractivity contribution in [1.29, 1.82) is 0 Å². The molecule has 0 unspecified atom stereocenters. The molecule has 1 aromatic rings. The van der Waals surface area contributed by atoms with E-state index >= 15 is 0 Å². The van der Waals surface area contributed by atoms with Crippen molar-refractivity contribution in [3.05, 3.63) is 29.3 Å². The van der Waals surface area contributed by atoms with E-state index in [-0.39, 0.29) is 5.84 Å². The summed E-state index contributed by atoms with van der Waals surface area (Å²) in [6.07, 6.45) is 5.08. The summed E-state index contributed by atoms with van der Waals surface area (Å²) in [5, 5.41) is 11.7. The average Bonchev–Trinajstić information content (AvgIpc) is 2.97. The molecule has 1 fully saturated rings. The van der Waals surface area contributed by atoms with Crippen molar-refractivity contribution in [2.24, 2.45) is 10.9 Å². The van der Waals surface area contributed by atoms with Crippen LogP contribution in [0, 0.1) is 0 Å². The number of amidine groups is 1. The van der Waals surface area contributed by atoms with E-state index in [9.17, 15) is 0 Å². The summed E-state index contributed by atoms with van der Waals surface area (Å²) in [6.45, 7) is 0.486. The predicted octanol–water partition coefficient (Wildman–Crippen LogP) is 2.25. The molecule has 19 heavy (non-hydrogen) atoms. The molecule has 0 amide bonds. The summed E-state index contributed by atoms with van der Waals surface area (Å²) < 4.78 is 11.2. The molecule has 0 spiro atoms. The van der Waals surface area contributed by atoms with Gasteiger partial charge in [-0.25, -0.2) is 0 Å². The lowest BCUT2D eigenvalue weighted by Gasteiger charge is -2.14. The SMILES string of the molecule is COc1ccc(/C(N)=N/O)cc1COC1CCCC1. The first-order valence-electron chi connectivity index (χ1n) is 6.51. The first kappa shape index (κ1) is 13.7. The van der Waals surface area contributed by atoms with E-state index in [1.807, 2.05) is 6.07 Å². The van der Waals surface area contributed by atoms with Gasteiger partial charge in [0.05, 0.1) is 19.8 Å². The summed E-state index contributed by atoms with van der Waals surface area (Å²) in [5.74, 6) is 0.845. The van der Waals surface area contributed by atoms with E-state index in [1.165, 1.54) is 12.8 Å². The third-order valence-electron chi connectivity index (χ3n) is 3.46. The van der Waals surface area contributed by atoms with Gasteiger partial charge < -0.3 is 20.4 Å². The van der Waals surface area contributed by atoms with Crippen LogP contribution in [0.5, 0.6) is 5.75 Å². The summed E-state index contributed by atoms with van der Waals surface area (Å²) in [7, 11) is 1.62. The van der Waals surface area contributed by atoms with Gasteiger partial charge >= 0.3 is 0 Å². The molecule has 0 radical (unpaired) electrons. The van der Waals surface area contributed by atoms with Crippen molar-refractivity contribution in [3.8, 4) is 5.75 Å². The Labute approximate surface area is 113 Å². The van der Waals surface area contributed by atoms with E-state index in [2.05, 4.69) is 5.16 Å². The van der Waals surface area contributed by atoms with Gasteiger partial charge in [0, 0.05) is 11.1 Å². The number of nitrogens with two attached hydrogens (primary N) is 1. The Kier molecular flexibility index (Phi) is 4.63. The van der Waals surface area contributed by atoms with Crippen molar-refractivity contribution in [2.75, 3.05) is 7.11 Å². The van der Waals surface area contributed by atoms with Crippen LogP contribution >= 0.6 is 0 Å². The standard InChI is InChI=1S/C14H20N2O3/c1-18-13-7-6-10(14(15)16-17)8-11(13)9-19-12-4-2-3-5-12/h6-8,12,17H,2-5,9H2,1H3,(H2,15,16). The molecular weight excluding hydrogens is 244 g/mol. The van der Waals surface area contributed by atoms with Crippen molar-refractivity contribution >= 4 is 5.84 Å². The molecule has 1 saturated carbocycles. The van der Waals surface area contributed by atoms with Crippen LogP contribution in [-0.4, -0.2) is 24.3 Å². The molecule has 5 heteroatoms. The molecule has 0 aliphatic heterocycles. The van der Waals surface area contributed by atoms with Crippen molar-refractivity contribution < 1.29 is 14.7 Å². The molecule has 0 bridgehead atoms. The third kappa shape index (κ3) is 3.38. The Hall–Kier alpha value is -1.75. The van der Waals surface area contributed by atoms with Gasteiger partial charge in [-0.2, -0.15) is 0 Å². The maximum atomic E-state index is 8.71. The van der Waals surface area contributed by atoms with Crippen molar-refractivity contribution in [2.45, 2.75) is 38.4 Å². The quantitative estimate of drug-likeness (QED) is 0.370. The van der Waals surface area contributed by atoms with Crippen LogP contribution in [0.15, 0.2) is 23.4 Å². The minimum absolute atomic E-state index is 0.0877. The summed E-state index contributed by atoms with van der Waals surface area (Å²) >= 11 is 0. The molecular formula is C14H20N2O3. The van der Waals surface area contributed by atoms with Crippen LogP contribution in [0.2, 0.25) is 0 Å². The monoisotopic (exact) mass is 264 g/mol. The number of oxime groups is 1. The molecule has 104 valence electrons. The van der Waals surface area contributed by atoms with Crippen molar-refractivity contribution in [3.63, 3.8) is 0 Å². The van der Waals surface area contributed by atoms with Crippen LogP contribution in [-0.2, 0) is 11.3 Å². The first-order valence-corrected chi connectivity index (χ1v) is 6.51. The lowest BCUT2D eigenvalue weighted by molar-refractivity contribution is 0.0446. The fourth-order valence-electron chi connectivity index (χ4n) is 2.37. The highest BCUT2D eigenvalue weighted by Crippen LogP contribution is 2.25. The van der Waals surface area contributed by atoms with Crippen LogP contribution < -0.4 is 10.5 Å². The van der Waals surface area contributed by atoms with Gasteiger partial charge in [-0.05, 0) is 31.0 Å². The maximum absolute atomic E-state index is 8.71. The largest absolute Gasteiger partial charge is 0.496 e. The molecule has 1 aliphatic carbocycles. The number of nitrogens with zero attached hydrogens (tertiary/aromatic N) is 1. The third-order valence-corrected chi connectivity index (χ3v) is 3.46. The maximum Gasteiger partial charge on any atom is 0.170 e. The van der Waals surface area contributed by atoms with E-state index < -0.39 is 0 Å². The molecule has 0 saturated heterocycles. The first-order chi connectivity index (χ1) is 9.24. The number of hydrogen-bond donors (Lipinski definition) is 2. The van der Waals surface area contributed by atoms with Gasteiger partial charge in [0.15, 0.2) is 5.84 Å². The molecule has 3 N–H and O–H groups in total. The van der Waals surface area contributed by atoms with Crippen LogP contribution in [0.4, 0.5) is 0 Å². The Balaban J connectivity index is 2.11. The van der Waals surface area contributed by atoms with Gasteiger partial charge in [-0.15, -0.1) is 0 Å². The number of ether oxygens (including phenoxy) is 2. The lowest BCUT2D eigenvalue weighted by atomic mass is 10.1. The van der Waals surface area contributed by atoms with Crippen molar-refractivity contribution in [1.82, 2.24) is 0 Å². The van der Waals surface area contributed by atoms with Gasteiger partial charge in [0.25, 0.3) is 0 Å². The zero-order chi connectivity index (χ0) is 13.7. The Bertz CT molecular complexity index is 454. The number of methoxy groups -OCH3 is 1.